The predicted octanol–water partition coefficient (Wildman–Crippen LogP) is 2.12. The molecule has 3 nitrogen and oxygen atoms in total. The van der Waals surface area contributed by atoms with Crippen LogP contribution in [0.4, 0.5) is 0 Å². The van der Waals surface area contributed by atoms with Crippen LogP contribution < -0.4 is 0 Å². The Morgan fingerprint density at radius 2 is 2.33 bits per heavy atom. The largest absolute Gasteiger partial charge is 0.386 e. The summed E-state index contributed by atoms with van der Waals surface area (Å²) in [7, 11) is 0. The first-order valence-corrected chi connectivity index (χ1v) is 5.63. The molecule has 0 aromatic carbocycles. The number of aryl methyl sites for hydroxylation is 1. The van der Waals surface area contributed by atoms with Crippen LogP contribution in [0.15, 0.2) is 29.8 Å². The van der Waals surface area contributed by atoms with Gasteiger partial charge in [0, 0.05) is 18.0 Å². The van der Waals surface area contributed by atoms with E-state index < -0.39 is 6.10 Å². The minimum absolute atomic E-state index is 0.529. The summed E-state index contributed by atoms with van der Waals surface area (Å²) >= 11 is 1.60. The predicted molar refractivity (Wildman–Crippen MR) is 59.8 cm³/mol. The molecule has 2 aromatic rings. The Kier molecular flexibility index (Phi) is 3.08. The fraction of sp³-hybridized carbons (Fsp3) is 0.273. The zero-order valence-electron chi connectivity index (χ0n) is 8.42. The minimum atomic E-state index is -0.562. The van der Waals surface area contributed by atoms with E-state index in [9.17, 15) is 5.11 Å². The van der Waals surface area contributed by atoms with E-state index >= 15 is 0 Å². The zero-order valence-corrected chi connectivity index (χ0v) is 9.24. The van der Waals surface area contributed by atoms with Crippen molar-refractivity contribution in [2.75, 3.05) is 0 Å². The molecule has 0 bridgehead atoms. The van der Waals surface area contributed by atoms with Crippen LogP contribution in [0, 0.1) is 6.92 Å². The number of aromatic nitrogens is 2. The van der Waals surface area contributed by atoms with Crippen molar-refractivity contribution in [1.29, 1.82) is 0 Å². The molecule has 1 unspecified atom stereocenters. The maximum atomic E-state index is 9.89. The lowest BCUT2D eigenvalue weighted by atomic mass is 10.1. The molecule has 2 heterocycles. The number of thiazole rings is 1. The van der Waals surface area contributed by atoms with Gasteiger partial charge in [-0.25, -0.2) is 4.98 Å². The third-order valence-corrected chi connectivity index (χ3v) is 2.92. The first-order valence-electron chi connectivity index (χ1n) is 4.75. The van der Waals surface area contributed by atoms with Crippen LogP contribution in [0.2, 0.25) is 0 Å². The van der Waals surface area contributed by atoms with E-state index in [2.05, 4.69) is 9.97 Å². The Bertz CT molecular complexity index is 427. The molecule has 1 atom stereocenters. The molecular weight excluding hydrogens is 208 g/mol. The Labute approximate surface area is 92.5 Å². The van der Waals surface area contributed by atoms with E-state index in [1.54, 1.807) is 17.5 Å². The number of nitrogens with zero attached hydrogens (tertiary/aromatic N) is 2. The second kappa shape index (κ2) is 4.51. The van der Waals surface area contributed by atoms with Gasteiger partial charge < -0.3 is 5.11 Å². The highest BCUT2D eigenvalue weighted by molar-refractivity contribution is 7.09. The van der Waals surface area contributed by atoms with E-state index in [0.29, 0.717) is 12.1 Å². The molecule has 0 saturated carbocycles. The summed E-state index contributed by atoms with van der Waals surface area (Å²) in [6, 6.07) is 5.53. The summed E-state index contributed by atoms with van der Waals surface area (Å²) in [6.45, 7) is 1.96. The molecule has 0 fully saturated rings. The van der Waals surface area contributed by atoms with Gasteiger partial charge in [-0.05, 0) is 19.1 Å². The molecular formula is C11H12N2OS. The lowest BCUT2D eigenvalue weighted by molar-refractivity contribution is 0.172. The highest BCUT2D eigenvalue weighted by Gasteiger charge is 2.10. The van der Waals surface area contributed by atoms with Crippen LogP contribution in [-0.2, 0) is 6.42 Å². The molecule has 0 radical (unpaired) electrons. The number of aliphatic hydroxyl groups excluding tert-OH is 1. The highest BCUT2D eigenvalue weighted by atomic mass is 32.1. The van der Waals surface area contributed by atoms with Gasteiger partial charge in [-0.1, -0.05) is 6.07 Å². The van der Waals surface area contributed by atoms with Crippen LogP contribution in [-0.4, -0.2) is 15.1 Å². The smallest absolute Gasteiger partial charge is 0.101 e. The molecule has 0 saturated heterocycles. The van der Waals surface area contributed by atoms with Crippen LogP contribution in [0.3, 0.4) is 0 Å². The SMILES string of the molecule is Cc1nc(CC(O)c2ccccn2)cs1. The van der Waals surface area contributed by atoms with E-state index in [1.807, 2.05) is 30.5 Å². The normalized spacial score (nSPS) is 12.7. The van der Waals surface area contributed by atoms with Crippen molar-refractivity contribution in [1.82, 2.24) is 9.97 Å². The van der Waals surface area contributed by atoms with Crippen molar-refractivity contribution >= 4 is 11.3 Å². The lowest BCUT2D eigenvalue weighted by Gasteiger charge is -2.07. The second-order valence-electron chi connectivity index (χ2n) is 3.33. The molecule has 0 amide bonds. The molecule has 1 N–H and O–H groups in total. The van der Waals surface area contributed by atoms with Crippen LogP contribution in [0.1, 0.15) is 22.5 Å². The van der Waals surface area contributed by atoms with Crippen molar-refractivity contribution in [2.24, 2.45) is 0 Å². The van der Waals surface area contributed by atoms with Gasteiger partial charge in [-0.3, -0.25) is 4.98 Å². The quantitative estimate of drug-likeness (QED) is 0.861. The molecule has 0 aliphatic heterocycles. The fourth-order valence-electron chi connectivity index (χ4n) is 1.38. The number of rotatable bonds is 3. The summed E-state index contributed by atoms with van der Waals surface area (Å²) < 4.78 is 0. The zero-order chi connectivity index (χ0) is 10.7. The molecule has 0 aliphatic carbocycles. The maximum absolute atomic E-state index is 9.89. The average molecular weight is 220 g/mol. The van der Waals surface area contributed by atoms with Gasteiger partial charge in [0.25, 0.3) is 0 Å². The Morgan fingerprint density at radius 1 is 1.47 bits per heavy atom. The van der Waals surface area contributed by atoms with Crippen LogP contribution in [0.5, 0.6) is 0 Å². The summed E-state index contributed by atoms with van der Waals surface area (Å²) in [5, 5.41) is 12.9. The third-order valence-electron chi connectivity index (χ3n) is 2.10. The molecule has 2 rings (SSSR count). The molecule has 0 spiro atoms. The van der Waals surface area contributed by atoms with E-state index in [4.69, 9.17) is 0 Å². The Balaban J connectivity index is 2.07. The molecule has 4 heteroatoms. The Hall–Kier alpha value is -1.26. The van der Waals surface area contributed by atoms with Crippen molar-refractivity contribution in [3.8, 4) is 0 Å². The summed E-state index contributed by atoms with van der Waals surface area (Å²) in [5.41, 5.74) is 1.62. The summed E-state index contributed by atoms with van der Waals surface area (Å²) in [6.07, 6.45) is 1.65. The standard InChI is InChI=1S/C11H12N2OS/c1-8-13-9(7-15-8)6-11(14)10-4-2-3-5-12-10/h2-5,7,11,14H,6H2,1H3. The topological polar surface area (TPSA) is 46.0 Å². The van der Waals surface area contributed by atoms with Crippen LogP contribution in [0.25, 0.3) is 0 Å². The van der Waals surface area contributed by atoms with Gasteiger partial charge in [0.05, 0.1) is 16.4 Å². The number of hydrogen-bond acceptors (Lipinski definition) is 4. The maximum Gasteiger partial charge on any atom is 0.101 e. The Morgan fingerprint density at radius 3 is 2.93 bits per heavy atom. The van der Waals surface area contributed by atoms with Gasteiger partial charge in [0.2, 0.25) is 0 Å². The molecule has 2 aromatic heterocycles. The van der Waals surface area contributed by atoms with Crippen molar-refractivity contribution in [3.05, 3.63) is 46.2 Å². The number of pyridine rings is 1. The third kappa shape index (κ3) is 2.61. The fourth-order valence-corrected chi connectivity index (χ4v) is 2.00. The molecule has 0 aliphatic rings. The molecule has 78 valence electrons. The summed E-state index contributed by atoms with van der Waals surface area (Å²) in [5.74, 6) is 0. The van der Waals surface area contributed by atoms with E-state index in [-0.39, 0.29) is 0 Å². The van der Waals surface area contributed by atoms with E-state index in [1.165, 1.54) is 0 Å². The van der Waals surface area contributed by atoms with Crippen LogP contribution >= 0.6 is 11.3 Å². The number of aliphatic hydroxyl groups is 1. The summed E-state index contributed by atoms with van der Waals surface area (Å²) in [4.78, 5) is 8.41. The van der Waals surface area contributed by atoms with Gasteiger partial charge >= 0.3 is 0 Å². The average Bonchev–Trinajstić information content (AvgIpc) is 2.65. The molecule has 15 heavy (non-hydrogen) atoms. The van der Waals surface area contributed by atoms with Gasteiger partial charge in [-0.2, -0.15) is 0 Å². The first-order chi connectivity index (χ1) is 7.25. The van der Waals surface area contributed by atoms with Crippen molar-refractivity contribution in [2.45, 2.75) is 19.4 Å². The van der Waals surface area contributed by atoms with Crippen molar-refractivity contribution in [3.63, 3.8) is 0 Å². The van der Waals surface area contributed by atoms with Gasteiger partial charge in [0.1, 0.15) is 6.10 Å². The van der Waals surface area contributed by atoms with Gasteiger partial charge in [0.15, 0.2) is 0 Å². The monoisotopic (exact) mass is 220 g/mol. The minimum Gasteiger partial charge on any atom is -0.386 e. The first kappa shape index (κ1) is 10.3. The lowest BCUT2D eigenvalue weighted by Crippen LogP contribution is -2.03. The van der Waals surface area contributed by atoms with Crippen molar-refractivity contribution < 1.29 is 5.11 Å². The number of hydrogen-bond donors (Lipinski definition) is 1. The highest BCUT2D eigenvalue weighted by Crippen LogP contribution is 2.17. The van der Waals surface area contributed by atoms with Gasteiger partial charge in [-0.15, -0.1) is 11.3 Å². The van der Waals surface area contributed by atoms with E-state index in [0.717, 1.165) is 10.7 Å². The second-order valence-corrected chi connectivity index (χ2v) is 4.39.